The van der Waals surface area contributed by atoms with E-state index in [0.717, 1.165) is 28.2 Å². The van der Waals surface area contributed by atoms with Gasteiger partial charge in [0.1, 0.15) is 23.3 Å². The van der Waals surface area contributed by atoms with Crippen LogP contribution in [0.15, 0.2) is 67.0 Å². The fraction of sp³-hybridized carbons (Fsp3) is 0.120. The number of carbonyl (C=O) groups is 3. The molecule has 0 fully saturated rings. The van der Waals surface area contributed by atoms with Crippen molar-refractivity contribution in [3.8, 4) is 11.1 Å². The smallest absolute Gasteiger partial charge is 0.475 e. The van der Waals surface area contributed by atoms with Gasteiger partial charge in [0.25, 0.3) is 0 Å². The van der Waals surface area contributed by atoms with Gasteiger partial charge in [-0.05, 0) is 41.5 Å². The average Bonchev–Trinajstić information content (AvgIpc) is 3.38. The Hall–Kier alpha value is -5.06. The van der Waals surface area contributed by atoms with Crippen LogP contribution in [0.4, 0.5) is 40.8 Å². The van der Waals surface area contributed by atoms with E-state index in [1.54, 1.807) is 18.3 Å². The lowest BCUT2D eigenvalue weighted by atomic mass is 10.0. The summed E-state index contributed by atoms with van der Waals surface area (Å²) >= 11 is 0. The Balaban J connectivity index is 0.000000367. The van der Waals surface area contributed by atoms with Crippen molar-refractivity contribution in [2.45, 2.75) is 18.4 Å². The third-order valence-corrected chi connectivity index (χ3v) is 4.99. The molecule has 42 heavy (non-hydrogen) atoms. The van der Waals surface area contributed by atoms with Crippen molar-refractivity contribution in [3.05, 3.63) is 84.2 Å². The highest BCUT2D eigenvalue weighted by Crippen LogP contribution is 2.28. The van der Waals surface area contributed by atoms with E-state index in [1.165, 1.54) is 6.07 Å². The van der Waals surface area contributed by atoms with E-state index >= 15 is 0 Å². The number of halogens is 8. The van der Waals surface area contributed by atoms with Crippen molar-refractivity contribution in [1.29, 1.82) is 0 Å². The van der Waals surface area contributed by atoms with Gasteiger partial charge in [0.05, 0.1) is 0 Å². The number of alkyl halides is 6. The molecule has 2 heterocycles. The molecular formula is C25H18F8N4O5. The Morgan fingerprint density at radius 3 is 1.90 bits per heavy atom. The normalized spacial score (nSPS) is 11.8. The van der Waals surface area contributed by atoms with Crippen molar-refractivity contribution < 1.29 is 59.7 Å². The van der Waals surface area contributed by atoms with E-state index < -0.39 is 47.9 Å². The molecule has 1 unspecified atom stereocenters. The highest BCUT2D eigenvalue weighted by atomic mass is 19.4. The fourth-order valence-electron chi connectivity index (χ4n) is 3.06. The number of nitrogens with zero attached hydrogens (tertiary/aromatic N) is 1. The summed E-state index contributed by atoms with van der Waals surface area (Å²) in [4.78, 5) is 37.5. The van der Waals surface area contributed by atoms with Crippen LogP contribution >= 0.6 is 0 Å². The number of carboxylic acids is 2. The maximum atomic E-state index is 13.8. The number of carboxylic acid groups (broad SMARTS) is 2. The van der Waals surface area contributed by atoms with Gasteiger partial charge in [0.2, 0.25) is 5.91 Å². The molecule has 0 saturated carbocycles. The highest BCUT2D eigenvalue weighted by molar-refractivity contribution is 5.96. The Bertz CT molecular complexity index is 1530. The fourth-order valence-corrected chi connectivity index (χ4v) is 3.06. The number of aromatic nitrogens is 2. The number of aromatic amines is 1. The molecule has 224 valence electrons. The third kappa shape index (κ3) is 9.26. The zero-order valence-electron chi connectivity index (χ0n) is 20.6. The standard InChI is InChI=1S/C21H16F2N4O.2C2HF3O2/c22-13-3-6-17(18(23)11-13)19(24)21(28)27-14-4-1-12(2-5-14)15-7-9-25-20-16(15)8-10-26-20;2*3-2(4,5)1(6)7/h1-11,19H,24H2,(H,25,26)(H,27,28);2*(H,6,7). The van der Waals surface area contributed by atoms with E-state index in [4.69, 9.17) is 25.5 Å². The van der Waals surface area contributed by atoms with Gasteiger partial charge in [-0.1, -0.05) is 18.2 Å². The summed E-state index contributed by atoms with van der Waals surface area (Å²) in [6.45, 7) is 0. The summed E-state index contributed by atoms with van der Waals surface area (Å²) in [7, 11) is 0. The van der Waals surface area contributed by atoms with Crippen LogP contribution in [0.5, 0.6) is 0 Å². The number of hydrogen-bond acceptors (Lipinski definition) is 5. The number of aliphatic carboxylic acids is 2. The number of nitrogens with one attached hydrogen (secondary N) is 2. The Labute approximate surface area is 229 Å². The van der Waals surface area contributed by atoms with Crippen LogP contribution in [0.1, 0.15) is 11.6 Å². The lowest BCUT2D eigenvalue weighted by Gasteiger charge is -2.14. The molecule has 1 atom stereocenters. The Morgan fingerprint density at radius 2 is 1.40 bits per heavy atom. The SMILES string of the molecule is NC(C(=O)Nc1ccc(-c2ccnc3[nH]ccc23)cc1)c1ccc(F)cc1F.O=C(O)C(F)(F)F.O=C(O)C(F)(F)F. The molecule has 0 aliphatic heterocycles. The van der Waals surface area contributed by atoms with Gasteiger partial charge in [-0.25, -0.2) is 23.4 Å². The molecule has 0 spiro atoms. The lowest BCUT2D eigenvalue weighted by Crippen LogP contribution is -2.28. The first-order valence-electron chi connectivity index (χ1n) is 11.1. The van der Waals surface area contributed by atoms with Crippen molar-refractivity contribution in [1.82, 2.24) is 9.97 Å². The van der Waals surface area contributed by atoms with Gasteiger partial charge in [0, 0.05) is 35.1 Å². The van der Waals surface area contributed by atoms with Crippen LogP contribution in [0.25, 0.3) is 22.2 Å². The Kier molecular flexibility index (Phi) is 10.7. The molecule has 17 heteroatoms. The first-order valence-corrected chi connectivity index (χ1v) is 11.1. The lowest BCUT2D eigenvalue weighted by molar-refractivity contribution is -0.193. The van der Waals surface area contributed by atoms with Crippen LogP contribution < -0.4 is 11.1 Å². The zero-order valence-corrected chi connectivity index (χ0v) is 20.6. The molecule has 4 rings (SSSR count). The van der Waals surface area contributed by atoms with Crippen LogP contribution in [0, 0.1) is 11.6 Å². The van der Waals surface area contributed by atoms with Crippen molar-refractivity contribution in [2.75, 3.05) is 5.32 Å². The van der Waals surface area contributed by atoms with Gasteiger partial charge >= 0.3 is 24.3 Å². The van der Waals surface area contributed by atoms with Crippen LogP contribution in [-0.4, -0.2) is 50.4 Å². The van der Waals surface area contributed by atoms with Gasteiger partial charge in [-0.3, -0.25) is 4.79 Å². The number of fused-ring (bicyclic) bond motifs is 1. The van der Waals surface area contributed by atoms with E-state index in [0.29, 0.717) is 11.8 Å². The molecule has 9 nitrogen and oxygen atoms in total. The number of hydrogen-bond donors (Lipinski definition) is 5. The molecule has 0 aliphatic carbocycles. The van der Waals surface area contributed by atoms with Crippen molar-refractivity contribution in [3.63, 3.8) is 0 Å². The molecule has 6 N–H and O–H groups in total. The molecule has 0 saturated heterocycles. The molecule has 2 aromatic carbocycles. The minimum absolute atomic E-state index is 0.0674. The highest BCUT2D eigenvalue weighted by Gasteiger charge is 2.38. The second-order valence-electron chi connectivity index (χ2n) is 7.91. The summed E-state index contributed by atoms with van der Waals surface area (Å²) < 4.78 is 90.3. The van der Waals surface area contributed by atoms with Crippen LogP contribution in [-0.2, 0) is 14.4 Å². The van der Waals surface area contributed by atoms with Gasteiger partial charge < -0.3 is 26.2 Å². The molecule has 1 amide bonds. The number of nitrogens with two attached hydrogens (primary N) is 1. The van der Waals surface area contributed by atoms with Gasteiger partial charge in [0.15, 0.2) is 0 Å². The van der Waals surface area contributed by atoms with E-state index in [-0.39, 0.29) is 5.56 Å². The quantitative estimate of drug-likeness (QED) is 0.194. The minimum atomic E-state index is -5.08. The number of amides is 1. The number of pyridine rings is 1. The number of rotatable bonds is 4. The van der Waals surface area contributed by atoms with Crippen molar-refractivity contribution >= 4 is 34.6 Å². The van der Waals surface area contributed by atoms with E-state index in [1.807, 2.05) is 30.5 Å². The molecule has 0 bridgehead atoms. The summed E-state index contributed by atoms with van der Waals surface area (Å²) in [5.74, 6) is -7.68. The summed E-state index contributed by atoms with van der Waals surface area (Å²) in [6, 6.07) is 12.7. The van der Waals surface area contributed by atoms with Crippen molar-refractivity contribution in [2.24, 2.45) is 5.73 Å². The van der Waals surface area contributed by atoms with Crippen LogP contribution in [0.3, 0.4) is 0 Å². The number of benzene rings is 2. The molecule has 0 aliphatic rings. The number of H-pyrrole nitrogens is 1. The topological polar surface area (TPSA) is 158 Å². The van der Waals surface area contributed by atoms with E-state index in [9.17, 15) is 39.9 Å². The first-order chi connectivity index (χ1) is 19.4. The summed E-state index contributed by atoms with van der Waals surface area (Å²) in [5.41, 5.74) is 9.04. The van der Waals surface area contributed by atoms with Gasteiger partial charge in [-0.2, -0.15) is 26.3 Å². The number of anilines is 1. The third-order valence-electron chi connectivity index (χ3n) is 4.99. The maximum Gasteiger partial charge on any atom is 0.490 e. The van der Waals surface area contributed by atoms with Crippen LogP contribution in [0.2, 0.25) is 0 Å². The maximum absolute atomic E-state index is 13.8. The Morgan fingerprint density at radius 1 is 0.857 bits per heavy atom. The summed E-state index contributed by atoms with van der Waals surface area (Å²) in [6.07, 6.45) is -6.62. The monoisotopic (exact) mass is 606 g/mol. The minimum Gasteiger partial charge on any atom is -0.475 e. The predicted molar refractivity (Wildman–Crippen MR) is 131 cm³/mol. The predicted octanol–water partition coefficient (Wildman–Crippen LogP) is 5.41. The largest absolute Gasteiger partial charge is 0.490 e. The van der Waals surface area contributed by atoms with E-state index in [2.05, 4.69) is 15.3 Å². The molecular weight excluding hydrogens is 588 g/mol. The average molecular weight is 606 g/mol. The first kappa shape index (κ1) is 33.1. The number of carbonyl (C=O) groups excluding carboxylic acids is 1. The zero-order chi connectivity index (χ0) is 31.8. The molecule has 4 aromatic rings. The second kappa shape index (κ2) is 13.5. The van der Waals surface area contributed by atoms with Gasteiger partial charge in [-0.15, -0.1) is 0 Å². The molecule has 2 aromatic heterocycles. The molecule has 0 radical (unpaired) electrons. The second-order valence-corrected chi connectivity index (χ2v) is 7.91. The summed E-state index contributed by atoms with van der Waals surface area (Å²) in [5, 5.41) is 17.9.